The van der Waals surface area contributed by atoms with E-state index in [1.165, 1.54) is 4.57 Å². The van der Waals surface area contributed by atoms with E-state index in [9.17, 15) is 14.7 Å². The van der Waals surface area contributed by atoms with Crippen molar-refractivity contribution in [1.82, 2.24) is 9.55 Å². The summed E-state index contributed by atoms with van der Waals surface area (Å²) >= 11 is 0. The van der Waals surface area contributed by atoms with E-state index in [1.807, 2.05) is 68.4 Å². The minimum Gasteiger partial charge on any atom is -0.379 e. The number of aliphatic hydroxyl groups is 1. The maximum atomic E-state index is 12.7. The summed E-state index contributed by atoms with van der Waals surface area (Å²) in [5, 5.41) is 11.7. The fourth-order valence-corrected chi connectivity index (χ4v) is 3.68. The standard InChI is InChI=1S/C23H26N2O4/c1-4-23(28,19-13-9-8-10-16(19)2)20-17(3)21(26)24-22(27)25(20)15-29-14-18-11-6-5-7-12-18/h5-13,28H,4,14-15H2,1-3H3,(H,24,26,27). The van der Waals surface area contributed by atoms with Gasteiger partial charge in [0.25, 0.3) is 5.56 Å². The topological polar surface area (TPSA) is 84.3 Å². The first-order valence-corrected chi connectivity index (χ1v) is 9.62. The zero-order chi connectivity index (χ0) is 21.0. The average molecular weight is 394 g/mol. The second-order valence-electron chi connectivity index (χ2n) is 7.15. The number of aryl methyl sites for hydroxylation is 1. The Kier molecular flexibility index (Phi) is 6.15. The highest BCUT2D eigenvalue weighted by atomic mass is 16.5. The van der Waals surface area contributed by atoms with Gasteiger partial charge in [0, 0.05) is 5.56 Å². The number of nitrogens with one attached hydrogen (secondary N) is 1. The van der Waals surface area contributed by atoms with Gasteiger partial charge in [-0.3, -0.25) is 14.3 Å². The van der Waals surface area contributed by atoms with Gasteiger partial charge in [-0.05, 0) is 37.0 Å². The van der Waals surface area contributed by atoms with Gasteiger partial charge in [0.15, 0.2) is 0 Å². The lowest BCUT2D eigenvalue weighted by molar-refractivity contribution is 0.0295. The monoisotopic (exact) mass is 394 g/mol. The van der Waals surface area contributed by atoms with Crippen LogP contribution in [0.4, 0.5) is 0 Å². The van der Waals surface area contributed by atoms with Gasteiger partial charge in [-0.1, -0.05) is 61.5 Å². The normalized spacial score (nSPS) is 13.2. The van der Waals surface area contributed by atoms with Crippen LogP contribution in [0.3, 0.4) is 0 Å². The molecule has 0 amide bonds. The SMILES string of the molecule is CCC(O)(c1ccccc1C)c1c(C)c(=O)[nH]c(=O)n1COCc1ccccc1. The van der Waals surface area contributed by atoms with Crippen molar-refractivity contribution in [3.05, 3.63) is 103 Å². The highest BCUT2D eigenvalue weighted by Gasteiger charge is 2.36. The van der Waals surface area contributed by atoms with Gasteiger partial charge in [-0.25, -0.2) is 4.79 Å². The molecule has 3 aromatic rings. The molecule has 0 aliphatic rings. The molecule has 2 N–H and O–H groups in total. The zero-order valence-corrected chi connectivity index (χ0v) is 16.9. The fourth-order valence-electron chi connectivity index (χ4n) is 3.68. The molecule has 6 nitrogen and oxygen atoms in total. The van der Waals surface area contributed by atoms with Crippen molar-refractivity contribution >= 4 is 0 Å². The number of aromatic amines is 1. The molecule has 29 heavy (non-hydrogen) atoms. The molecule has 0 aliphatic carbocycles. The van der Waals surface area contributed by atoms with E-state index in [0.29, 0.717) is 24.2 Å². The molecule has 3 rings (SSSR count). The lowest BCUT2D eigenvalue weighted by atomic mass is 9.83. The van der Waals surface area contributed by atoms with E-state index in [-0.39, 0.29) is 12.4 Å². The van der Waals surface area contributed by atoms with Crippen molar-refractivity contribution in [2.24, 2.45) is 0 Å². The Morgan fingerprint density at radius 2 is 1.69 bits per heavy atom. The van der Waals surface area contributed by atoms with E-state index < -0.39 is 16.9 Å². The molecule has 0 spiro atoms. The van der Waals surface area contributed by atoms with Crippen LogP contribution < -0.4 is 11.2 Å². The first-order valence-electron chi connectivity index (χ1n) is 9.62. The molecule has 0 saturated heterocycles. The first kappa shape index (κ1) is 20.8. The van der Waals surface area contributed by atoms with E-state index in [2.05, 4.69) is 4.98 Å². The minimum absolute atomic E-state index is 0.0884. The summed E-state index contributed by atoms with van der Waals surface area (Å²) in [6.07, 6.45) is 0.292. The van der Waals surface area contributed by atoms with Gasteiger partial charge in [-0.15, -0.1) is 0 Å². The molecule has 1 unspecified atom stereocenters. The smallest absolute Gasteiger partial charge is 0.330 e. The van der Waals surface area contributed by atoms with Crippen molar-refractivity contribution in [1.29, 1.82) is 0 Å². The lowest BCUT2D eigenvalue weighted by Gasteiger charge is -2.32. The maximum absolute atomic E-state index is 12.7. The highest BCUT2D eigenvalue weighted by Crippen LogP contribution is 2.35. The van der Waals surface area contributed by atoms with Gasteiger partial charge < -0.3 is 9.84 Å². The molecule has 1 atom stereocenters. The number of H-pyrrole nitrogens is 1. The number of rotatable bonds is 7. The van der Waals surface area contributed by atoms with Crippen LogP contribution in [0.2, 0.25) is 0 Å². The summed E-state index contributed by atoms with van der Waals surface area (Å²) in [5.41, 5.74) is 0.436. The van der Waals surface area contributed by atoms with E-state index in [0.717, 1.165) is 11.1 Å². The van der Waals surface area contributed by atoms with Crippen molar-refractivity contribution in [2.45, 2.75) is 46.1 Å². The number of hydrogen-bond acceptors (Lipinski definition) is 4. The van der Waals surface area contributed by atoms with Gasteiger partial charge in [-0.2, -0.15) is 0 Å². The van der Waals surface area contributed by atoms with Crippen molar-refractivity contribution in [2.75, 3.05) is 0 Å². The summed E-state index contributed by atoms with van der Waals surface area (Å²) in [6, 6.07) is 17.0. The maximum Gasteiger partial charge on any atom is 0.330 e. The molecule has 0 radical (unpaired) electrons. The van der Waals surface area contributed by atoms with Crippen LogP contribution in [0.15, 0.2) is 64.2 Å². The van der Waals surface area contributed by atoms with E-state index in [1.54, 1.807) is 6.92 Å². The van der Waals surface area contributed by atoms with Crippen molar-refractivity contribution < 1.29 is 9.84 Å². The number of aromatic nitrogens is 2. The summed E-state index contributed by atoms with van der Waals surface area (Å²) in [5.74, 6) is 0. The number of hydrogen-bond donors (Lipinski definition) is 2. The van der Waals surface area contributed by atoms with Crippen LogP contribution in [-0.4, -0.2) is 14.7 Å². The summed E-state index contributed by atoms with van der Waals surface area (Å²) in [7, 11) is 0. The molecule has 1 aromatic heterocycles. The summed E-state index contributed by atoms with van der Waals surface area (Å²) in [4.78, 5) is 27.3. The highest BCUT2D eigenvalue weighted by molar-refractivity contribution is 5.40. The van der Waals surface area contributed by atoms with Crippen LogP contribution in [-0.2, 0) is 23.7 Å². The van der Waals surface area contributed by atoms with Crippen molar-refractivity contribution in [3.63, 3.8) is 0 Å². The van der Waals surface area contributed by atoms with Crippen LogP contribution in [0.1, 0.15) is 41.3 Å². The first-order chi connectivity index (χ1) is 13.9. The Balaban J connectivity index is 2.08. The third-order valence-corrected chi connectivity index (χ3v) is 5.26. The predicted octanol–water partition coefficient (Wildman–Crippen LogP) is 2.97. The second-order valence-corrected chi connectivity index (χ2v) is 7.15. The van der Waals surface area contributed by atoms with E-state index in [4.69, 9.17) is 4.74 Å². The predicted molar refractivity (Wildman–Crippen MR) is 112 cm³/mol. The van der Waals surface area contributed by atoms with Crippen molar-refractivity contribution in [3.8, 4) is 0 Å². The molecule has 1 heterocycles. The third-order valence-electron chi connectivity index (χ3n) is 5.26. The lowest BCUT2D eigenvalue weighted by Crippen LogP contribution is -2.42. The Hall–Kier alpha value is -2.96. The molecule has 0 bridgehead atoms. The van der Waals surface area contributed by atoms with Crippen LogP contribution in [0.25, 0.3) is 0 Å². The van der Waals surface area contributed by atoms with Crippen LogP contribution >= 0.6 is 0 Å². The Morgan fingerprint density at radius 1 is 1.03 bits per heavy atom. The molecular weight excluding hydrogens is 368 g/mol. The Labute approximate surface area is 169 Å². The minimum atomic E-state index is -1.50. The fraction of sp³-hybridized carbons (Fsp3) is 0.304. The Bertz CT molecular complexity index is 1100. The van der Waals surface area contributed by atoms with Gasteiger partial charge >= 0.3 is 5.69 Å². The number of ether oxygens (including phenoxy) is 1. The summed E-state index contributed by atoms with van der Waals surface area (Å²) < 4.78 is 7.07. The molecule has 6 heteroatoms. The molecule has 0 aliphatic heterocycles. The second kappa shape index (κ2) is 8.59. The number of nitrogens with zero attached hydrogens (tertiary/aromatic N) is 1. The van der Waals surface area contributed by atoms with Crippen LogP contribution in [0.5, 0.6) is 0 Å². The summed E-state index contributed by atoms with van der Waals surface area (Å²) in [6.45, 7) is 5.55. The van der Waals surface area contributed by atoms with E-state index >= 15 is 0 Å². The third kappa shape index (κ3) is 4.09. The van der Waals surface area contributed by atoms with Crippen LogP contribution in [0, 0.1) is 13.8 Å². The quantitative estimate of drug-likeness (QED) is 0.645. The molecule has 0 saturated carbocycles. The number of benzene rings is 2. The molecular formula is C23H26N2O4. The average Bonchev–Trinajstić information content (AvgIpc) is 2.72. The largest absolute Gasteiger partial charge is 0.379 e. The molecule has 152 valence electrons. The van der Waals surface area contributed by atoms with Gasteiger partial charge in [0.05, 0.1) is 12.3 Å². The Morgan fingerprint density at radius 3 is 2.34 bits per heavy atom. The molecule has 0 fully saturated rings. The van der Waals surface area contributed by atoms with Gasteiger partial charge in [0.1, 0.15) is 12.3 Å². The van der Waals surface area contributed by atoms with Gasteiger partial charge in [0.2, 0.25) is 0 Å². The molecule has 2 aromatic carbocycles. The zero-order valence-electron chi connectivity index (χ0n) is 16.9.